The summed E-state index contributed by atoms with van der Waals surface area (Å²) in [5.74, 6) is 1.71. The summed E-state index contributed by atoms with van der Waals surface area (Å²) in [5, 5.41) is 6.79. The van der Waals surface area contributed by atoms with E-state index in [-0.39, 0.29) is 0 Å². The van der Waals surface area contributed by atoms with Gasteiger partial charge >= 0.3 is 0 Å². The molecule has 0 amide bonds. The van der Waals surface area contributed by atoms with Crippen molar-refractivity contribution < 1.29 is 4.74 Å². The first-order valence-electron chi connectivity index (χ1n) is 10.6. The van der Waals surface area contributed by atoms with E-state index in [4.69, 9.17) is 4.74 Å². The number of likely N-dealkylation sites (N-methyl/N-ethyl adjacent to an activating group) is 1. The Labute approximate surface area is 171 Å². The monoisotopic (exact) mass is 389 g/mol. The molecule has 0 radical (unpaired) electrons. The Bertz CT molecular complexity index is 567. The Morgan fingerprint density at radius 1 is 1.18 bits per heavy atom. The molecule has 0 saturated carbocycles. The van der Waals surface area contributed by atoms with Crippen molar-refractivity contribution in [1.29, 1.82) is 0 Å². The van der Waals surface area contributed by atoms with Crippen LogP contribution >= 0.6 is 0 Å². The van der Waals surface area contributed by atoms with Crippen molar-refractivity contribution in [3.63, 3.8) is 0 Å². The maximum absolute atomic E-state index is 5.10. The van der Waals surface area contributed by atoms with E-state index in [1.54, 1.807) is 7.11 Å². The highest BCUT2D eigenvalue weighted by atomic mass is 16.5. The topological polar surface area (TPSA) is 52.1 Å². The van der Waals surface area contributed by atoms with Gasteiger partial charge in [0, 0.05) is 65.7 Å². The van der Waals surface area contributed by atoms with Gasteiger partial charge in [-0.2, -0.15) is 0 Å². The molecular weight excluding hydrogens is 350 g/mol. The third-order valence-electron chi connectivity index (χ3n) is 5.44. The van der Waals surface area contributed by atoms with E-state index in [1.807, 2.05) is 7.05 Å². The predicted octanol–water partition coefficient (Wildman–Crippen LogP) is 2.56. The van der Waals surface area contributed by atoms with Gasteiger partial charge < -0.3 is 25.2 Å². The Kier molecular flexibility index (Phi) is 10.1. The molecule has 1 aromatic carbocycles. The highest BCUT2D eigenvalue weighted by Gasteiger charge is 2.15. The smallest absolute Gasteiger partial charge is 0.191 e. The zero-order valence-corrected chi connectivity index (χ0v) is 18.2. The van der Waals surface area contributed by atoms with Gasteiger partial charge in [0.1, 0.15) is 0 Å². The minimum Gasteiger partial charge on any atom is -0.385 e. The summed E-state index contributed by atoms with van der Waals surface area (Å²) < 4.78 is 5.10. The molecule has 2 N–H and O–H groups in total. The van der Waals surface area contributed by atoms with E-state index >= 15 is 0 Å². The van der Waals surface area contributed by atoms with Crippen LogP contribution in [0.1, 0.15) is 31.7 Å². The molecule has 1 aliphatic heterocycles. The van der Waals surface area contributed by atoms with Crippen LogP contribution < -0.4 is 15.5 Å². The van der Waals surface area contributed by atoms with Gasteiger partial charge in [0.05, 0.1) is 0 Å². The number of anilines is 1. The van der Waals surface area contributed by atoms with E-state index in [0.29, 0.717) is 0 Å². The second-order valence-electron chi connectivity index (χ2n) is 7.84. The molecule has 1 aromatic rings. The van der Waals surface area contributed by atoms with Crippen LogP contribution in [0.15, 0.2) is 29.3 Å². The van der Waals surface area contributed by atoms with Gasteiger partial charge in [-0.3, -0.25) is 4.99 Å². The lowest BCUT2D eigenvalue weighted by molar-refractivity contribution is 0.180. The van der Waals surface area contributed by atoms with Gasteiger partial charge in [0.15, 0.2) is 5.96 Å². The quantitative estimate of drug-likeness (QED) is 0.366. The first kappa shape index (κ1) is 22.5. The summed E-state index contributed by atoms with van der Waals surface area (Å²) >= 11 is 0. The average molecular weight is 390 g/mol. The lowest BCUT2D eigenvalue weighted by Gasteiger charge is -2.32. The lowest BCUT2D eigenvalue weighted by Crippen LogP contribution is -2.40. The standard InChI is InChI=1S/C22H39N5O/c1-19-10-14-27(15-11-19)21-8-6-20(7-9-21)18-25-22(23-2)24-12-16-26(3)13-5-17-28-4/h6-9,19H,5,10-18H2,1-4H3,(H2,23,24,25). The minimum absolute atomic E-state index is 0.778. The second-order valence-corrected chi connectivity index (χ2v) is 7.84. The number of methoxy groups -OCH3 is 1. The molecule has 6 nitrogen and oxygen atoms in total. The fraction of sp³-hybridized carbons (Fsp3) is 0.682. The number of hydrogen-bond acceptors (Lipinski definition) is 4. The highest BCUT2D eigenvalue weighted by Crippen LogP contribution is 2.23. The highest BCUT2D eigenvalue weighted by molar-refractivity contribution is 5.79. The third kappa shape index (κ3) is 8.07. The Morgan fingerprint density at radius 2 is 1.89 bits per heavy atom. The molecule has 0 atom stereocenters. The van der Waals surface area contributed by atoms with Gasteiger partial charge in [0.2, 0.25) is 0 Å². The lowest BCUT2D eigenvalue weighted by atomic mass is 9.99. The van der Waals surface area contributed by atoms with Crippen LogP contribution in [0.2, 0.25) is 0 Å². The van der Waals surface area contributed by atoms with E-state index in [0.717, 1.165) is 51.1 Å². The van der Waals surface area contributed by atoms with Crippen molar-refractivity contribution in [2.75, 3.05) is 65.4 Å². The van der Waals surface area contributed by atoms with Crippen molar-refractivity contribution in [2.24, 2.45) is 10.9 Å². The molecule has 0 aliphatic carbocycles. The maximum atomic E-state index is 5.10. The van der Waals surface area contributed by atoms with Crippen molar-refractivity contribution in [2.45, 2.75) is 32.7 Å². The number of nitrogens with one attached hydrogen (secondary N) is 2. The molecule has 158 valence electrons. The van der Waals surface area contributed by atoms with E-state index < -0.39 is 0 Å². The fourth-order valence-electron chi connectivity index (χ4n) is 3.45. The van der Waals surface area contributed by atoms with Gasteiger partial charge in [-0.15, -0.1) is 0 Å². The summed E-state index contributed by atoms with van der Waals surface area (Å²) in [7, 11) is 5.70. The van der Waals surface area contributed by atoms with Gasteiger partial charge in [-0.25, -0.2) is 0 Å². The number of benzene rings is 1. The molecule has 0 spiro atoms. The number of ether oxygens (including phenoxy) is 1. The molecule has 1 aliphatic rings. The zero-order chi connectivity index (χ0) is 20.2. The van der Waals surface area contributed by atoms with Crippen molar-refractivity contribution >= 4 is 11.6 Å². The zero-order valence-electron chi connectivity index (χ0n) is 18.2. The summed E-state index contributed by atoms with van der Waals surface area (Å²) in [4.78, 5) is 9.13. The molecule has 6 heteroatoms. The Hall–Kier alpha value is -1.79. The summed E-state index contributed by atoms with van der Waals surface area (Å²) in [5.41, 5.74) is 2.61. The largest absolute Gasteiger partial charge is 0.385 e. The van der Waals surface area contributed by atoms with Crippen molar-refractivity contribution in [3.8, 4) is 0 Å². The Balaban J connectivity index is 1.68. The molecule has 0 unspecified atom stereocenters. The maximum Gasteiger partial charge on any atom is 0.191 e. The van der Waals surface area contributed by atoms with E-state index in [2.05, 4.69) is 63.7 Å². The molecule has 1 saturated heterocycles. The van der Waals surface area contributed by atoms with Crippen LogP contribution in [-0.4, -0.2) is 71.4 Å². The fourth-order valence-corrected chi connectivity index (χ4v) is 3.45. The second kappa shape index (κ2) is 12.6. The Morgan fingerprint density at radius 3 is 2.54 bits per heavy atom. The van der Waals surface area contributed by atoms with Gasteiger partial charge in [-0.05, 0) is 49.9 Å². The number of guanidine groups is 1. The van der Waals surface area contributed by atoms with Gasteiger partial charge in [0.25, 0.3) is 0 Å². The molecule has 2 rings (SSSR count). The minimum atomic E-state index is 0.778. The van der Waals surface area contributed by atoms with E-state index in [9.17, 15) is 0 Å². The van der Waals surface area contributed by atoms with Crippen molar-refractivity contribution in [3.05, 3.63) is 29.8 Å². The molecular formula is C22H39N5O. The van der Waals surface area contributed by atoms with Crippen LogP contribution in [0.3, 0.4) is 0 Å². The van der Waals surface area contributed by atoms with Crippen LogP contribution in [0, 0.1) is 5.92 Å². The number of aliphatic imine (C=N–C) groups is 1. The number of piperidine rings is 1. The molecule has 1 heterocycles. The predicted molar refractivity (Wildman–Crippen MR) is 119 cm³/mol. The van der Waals surface area contributed by atoms with Crippen LogP contribution in [0.5, 0.6) is 0 Å². The van der Waals surface area contributed by atoms with Crippen LogP contribution in [0.25, 0.3) is 0 Å². The number of hydrogen-bond donors (Lipinski definition) is 2. The number of nitrogens with zero attached hydrogens (tertiary/aromatic N) is 3. The summed E-state index contributed by atoms with van der Waals surface area (Å²) in [6.45, 7) is 9.20. The normalized spacial score (nSPS) is 15.9. The summed E-state index contributed by atoms with van der Waals surface area (Å²) in [6, 6.07) is 8.94. The summed E-state index contributed by atoms with van der Waals surface area (Å²) in [6.07, 6.45) is 3.66. The molecule has 28 heavy (non-hydrogen) atoms. The van der Waals surface area contributed by atoms with E-state index in [1.165, 1.54) is 37.2 Å². The SMILES string of the molecule is CN=C(NCCN(C)CCCOC)NCc1ccc(N2CCC(C)CC2)cc1. The van der Waals surface area contributed by atoms with Crippen LogP contribution in [0.4, 0.5) is 5.69 Å². The van der Waals surface area contributed by atoms with Gasteiger partial charge in [-0.1, -0.05) is 19.1 Å². The molecule has 1 fully saturated rings. The first-order valence-corrected chi connectivity index (χ1v) is 10.6. The molecule has 0 aromatic heterocycles. The third-order valence-corrected chi connectivity index (χ3v) is 5.44. The average Bonchev–Trinajstić information content (AvgIpc) is 2.72. The van der Waals surface area contributed by atoms with Crippen molar-refractivity contribution in [1.82, 2.24) is 15.5 Å². The first-order chi connectivity index (χ1) is 13.6. The van der Waals surface area contributed by atoms with Crippen LogP contribution in [-0.2, 0) is 11.3 Å². The number of rotatable bonds is 10. The molecule has 0 bridgehead atoms.